The van der Waals surface area contributed by atoms with Crippen LogP contribution in [0.5, 0.6) is 0 Å². The molecule has 0 saturated heterocycles. The summed E-state index contributed by atoms with van der Waals surface area (Å²) in [5.41, 5.74) is 0.581. The third kappa shape index (κ3) is 2.82. The number of carbonyl (C=O) groups excluding carboxylic acids is 1. The second kappa shape index (κ2) is 4.94. The van der Waals surface area contributed by atoms with E-state index in [0.717, 1.165) is 6.29 Å². The summed E-state index contributed by atoms with van der Waals surface area (Å²) in [6.07, 6.45) is 0.722. The second-order valence-electron chi connectivity index (χ2n) is 2.86. The van der Waals surface area contributed by atoms with E-state index >= 15 is 0 Å². The molecule has 1 rings (SSSR count). The van der Waals surface area contributed by atoms with E-state index in [0.29, 0.717) is 5.56 Å². The van der Waals surface area contributed by atoms with E-state index < -0.39 is 10.1 Å². The van der Waals surface area contributed by atoms with Crippen molar-refractivity contribution in [2.45, 2.75) is 23.6 Å². The van der Waals surface area contributed by atoms with Gasteiger partial charge < -0.3 is 4.79 Å². The van der Waals surface area contributed by atoms with Gasteiger partial charge in [0.05, 0.1) is 0 Å². The molecule has 0 heterocycles. The van der Waals surface area contributed by atoms with Gasteiger partial charge in [0.15, 0.2) is 0 Å². The van der Waals surface area contributed by atoms with E-state index in [4.69, 9.17) is 0 Å². The van der Waals surface area contributed by atoms with Crippen molar-refractivity contribution in [2.24, 2.45) is 0 Å². The van der Waals surface area contributed by atoms with Gasteiger partial charge in [-0.1, -0.05) is 29.4 Å². The number of carbonyl (C=O) groups is 1. The van der Waals surface area contributed by atoms with E-state index in [1.807, 2.05) is 0 Å². The second-order valence-corrected chi connectivity index (χ2v) is 4.99. The molecule has 0 radical (unpaired) electrons. The molecule has 0 aromatic heterocycles. The van der Waals surface area contributed by atoms with Crippen molar-refractivity contribution in [1.82, 2.24) is 0 Å². The fourth-order valence-corrected chi connectivity index (χ4v) is 1.26. The smallest absolute Gasteiger partial charge is 0.140 e. The molecule has 0 aliphatic heterocycles. The molecule has 78 valence electrons. The summed E-state index contributed by atoms with van der Waals surface area (Å²) >= 11 is 7.08. The molecule has 0 spiro atoms. The first-order valence-corrected chi connectivity index (χ1v) is 4.85. The fourth-order valence-electron chi connectivity index (χ4n) is 0.879. The molecule has 14 heavy (non-hydrogen) atoms. The average molecular weight is 279 g/mol. The van der Waals surface area contributed by atoms with Crippen LogP contribution in [0.3, 0.4) is 0 Å². The number of thiol groups is 1. The SMILES string of the molecule is C.CC(Br)(C=O)c1ccc(S)c(F)c1. The van der Waals surface area contributed by atoms with Crippen LogP contribution in [-0.2, 0) is 9.12 Å². The van der Waals surface area contributed by atoms with Crippen LogP contribution < -0.4 is 0 Å². The van der Waals surface area contributed by atoms with Crippen molar-refractivity contribution >= 4 is 34.8 Å². The maximum Gasteiger partial charge on any atom is 0.140 e. The van der Waals surface area contributed by atoms with Crippen LogP contribution >= 0.6 is 28.6 Å². The largest absolute Gasteiger partial charge is 0.301 e. The van der Waals surface area contributed by atoms with Crippen LogP contribution in [-0.4, -0.2) is 6.29 Å². The summed E-state index contributed by atoms with van der Waals surface area (Å²) in [7, 11) is 0. The predicted octanol–water partition coefficient (Wildman–Crippen LogP) is 3.56. The summed E-state index contributed by atoms with van der Waals surface area (Å²) in [5.74, 6) is -0.423. The zero-order valence-corrected chi connectivity index (χ0v) is 9.40. The Labute approximate surface area is 97.2 Å². The van der Waals surface area contributed by atoms with Crippen molar-refractivity contribution in [2.75, 3.05) is 0 Å². The molecule has 1 aromatic carbocycles. The van der Waals surface area contributed by atoms with Gasteiger partial charge in [-0.3, -0.25) is 0 Å². The lowest BCUT2D eigenvalue weighted by atomic mass is 10.0. The third-order valence-corrected chi connectivity index (χ3v) is 2.74. The number of benzene rings is 1. The highest BCUT2D eigenvalue weighted by Crippen LogP contribution is 2.29. The molecule has 0 aliphatic carbocycles. The average Bonchev–Trinajstić information content (AvgIpc) is 2.09. The van der Waals surface area contributed by atoms with E-state index in [1.165, 1.54) is 12.1 Å². The Morgan fingerprint density at radius 2 is 2.14 bits per heavy atom. The minimum absolute atomic E-state index is 0. The van der Waals surface area contributed by atoms with Gasteiger partial charge in [0.25, 0.3) is 0 Å². The maximum absolute atomic E-state index is 13.0. The standard InChI is InChI=1S/C9H8BrFOS.CH4/c1-9(10,5-12)6-2-3-8(13)7(11)4-6;/h2-5,13H,1H3;1H4. The quantitative estimate of drug-likeness (QED) is 0.497. The molecule has 1 atom stereocenters. The Kier molecular flexibility index (Phi) is 4.81. The zero-order valence-electron chi connectivity index (χ0n) is 6.92. The van der Waals surface area contributed by atoms with Crippen molar-refractivity contribution in [1.29, 1.82) is 0 Å². The monoisotopic (exact) mass is 278 g/mol. The van der Waals surface area contributed by atoms with Gasteiger partial charge in [-0.25, -0.2) is 4.39 Å². The van der Waals surface area contributed by atoms with Gasteiger partial charge in [-0.15, -0.1) is 12.6 Å². The van der Waals surface area contributed by atoms with Crippen LogP contribution in [0.25, 0.3) is 0 Å². The maximum atomic E-state index is 13.0. The summed E-state index contributed by atoms with van der Waals surface area (Å²) in [5, 5.41) is 0. The highest BCUT2D eigenvalue weighted by Gasteiger charge is 2.22. The molecule has 0 saturated carbocycles. The van der Waals surface area contributed by atoms with Gasteiger partial charge in [0.2, 0.25) is 0 Å². The molecule has 0 bridgehead atoms. The van der Waals surface area contributed by atoms with Crippen LogP contribution in [0, 0.1) is 5.82 Å². The molecule has 0 N–H and O–H groups in total. The number of hydrogen-bond acceptors (Lipinski definition) is 2. The van der Waals surface area contributed by atoms with Gasteiger partial charge in [-0.05, 0) is 24.6 Å². The zero-order chi connectivity index (χ0) is 10.1. The highest BCUT2D eigenvalue weighted by atomic mass is 79.9. The van der Waals surface area contributed by atoms with Crippen molar-refractivity contribution in [3.63, 3.8) is 0 Å². The minimum Gasteiger partial charge on any atom is -0.301 e. The summed E-state index contributed by atoms with van der Waals surface area (Å²) in [6, 6.07) is 4.48. The van der Waals surface area contributed by atoms with E-state index in [1.54, 1.807) is 13.0 Å². The lowest BCUT2D eigenvalue weighted by Gasteiger charge is -2.15. The molecular weight excluding hydrogens is 267 g/mol. The Hall–Kier alpha value is -0.350. The third-order valence-electron chi connectivity index (χ3n) is 1.73. The molecule has 0 fully saturated rings. The van der Waals surface area contributed by atoms with Gasteiger partial charge in [-0.2, -0.15) is 0 Å². The summed E-state index contributed by atoms with van der Waals surface area (Å²) < 4.78 is 12.2. The van der Waals surface area contributed by atoms with Crippen LogP contribution in [0.1, 0.15) is 19.9 Å². The first-order valence-electron chi connectivity index (χ1n) is 3.61. The van der Waals surface area contributed by atoms with Crippen molar-refractivity contribution < 1.29 is 9.18 Å². The van der Waals surface area contributed by atoms with E-state index in [9.17, 15) is 9.18 Å². The predicted molar refractivity (Wildman–Crippen MR) is 62.7 cm³/mol. The topological polar surface area (TPSA) is 17.1 Å². The Bertz CT molecular complexity index is 339. The fraction of sp³-hybridized carbons (Fsp3) is 0.300. The van der Waals surface area contributed by atoms with Gasteiger partial charge >= 0.3 is 0 Å². The first kappa shape index (κ1) is 13.7. The first-order chi connectivity index (χ1) is 5.97. The normalized spacial score (nSPS) is 14.0. The lowest BCUT2D eigenvalue weighted by Crippen LogP contribution is -2.14. The number of hydrogen-bond donors (Lipinski definition) is 1. The Morgan fingerprint density at radius 3 is 2.57 bits per heavy atom. The molecule has 1 aromatic rings. The molecule has 1 nitrogen and oxygen atoms in total. The van der Waals surface area contributed by atoms with Gasteiger partial charge in [0.1, 0.15) is 16.4 Å². The van der Waals surface area contributed by atoms with E-state index in [2.05, 4.69) is 28.6 Å². The molecule has 0 aliphatic rings. The lowest BCUT2D eigenvalue weighted by molar-refractivity contribution is -0.109. The molecular formula is C10H12BrFOS. The Balaban J connectivity index is 0.00000169. The minimum atomic E-state index is -0.824. The molecule has 1 unspecified atom stereocenters. The Morgan fingerprint density at radius 1 is 1.57 bits per heavy atom. The summed E-state index contributed by atoms with van der Waals surface area (Å²) in [6.45, 7) is 1.66. The van der Waals surface area contributed by atoms with Gasteiger partial charge in [0, 0.05) is 4.90 Å². The number of rotatable bonds is 2. The number of aldehydes is 1. The highest BCUT2D eigenvalue weighted by molar-refractivity contribution is 9.10. The van der Waals surface area contributed by atoms with Crippen molar-refractivity contribution in [3.8, 4) is 0 Å². The van der Waals surface area contributed by atoms with Crippen LogP contribution in [0.4, 0.5) is 4.39 Å². The van der Waals surface area contributed by atoms with Crippen molar-refractivity contribution in [3.05, 3.63) is 29.6 Å². The van der Waals surface area contributed by atoms with Crippen LogP contribution in [0.15, 0.2) is 23.1 Å². The molecule has 0 amide bonds. The summed E-state index contributed by atoms with van der Waals surface area (Å²) in [4.78, 5) is 10.9. The molecule has 4 heteroatoms. The van der Waals surface area contributed by atoms with Crippen LogP contribution in [0.2, 0.25) is 0 Å². The van der Waals surface area contributed by atoms with E-state index in [-0.39, 0.29) is 12.3 Å². The number of alkyl halides is 1. The number of halogens is 2.